The van der Waals surface area contributed by atoms with Gasteiger partial charge in [-0.15, -0.1) is 0 Å². The van der Waals surface area contributed by atoms with Gasteiger partial charge in [0, 0.05) is 5.54 Å². The summed E-state index contributed by atoms with van der Waals surface area (Å²) in [6, 6.07) is 5.62. The minimum absolute atomic E-state index is 0.0362. The van der Waals surface area contributed by atoms with Crippen LogP contribution in [0.25, 0.3) is 11.0 Å². The normalized spacial score (nSPS) is 23.6. The minimum atomic E-state index is -0.423. The van der Waals surface area contributed by atoms with Crippen LogP contribution in [0.2, 0.25) is 0 Å². The first-order valence-corrected chi connectivity index (χ1v) is 7.09. The summed E-state index contributed by atoms with van der Waals surface area (Å²) in [7, 11) is 0. The van der Waals surface area contributed by atoms with Crippen LogP contribution in [-0.4, -0.2) is 28.5 Å². The van der Waals surface area contributed by atoms with E-state index in [1.165, 1.54) is 0 Å². The molecule has 3 rings (SSSR count). The number of carbonyl (C=O) groups is 1. The van der Waals surface area contributed by atoms with Crippen molar-refractivity contribution in [3.8, 4) is 0 Å². The van der Waals surface area contributed by atoms with E-state index in [9.17, 15) is 4.79 Å². The van der Waals surface area contributed by atoms with Crippen molar-refractivity contribution in [3.63, 3.8) is 0 Å². The van der Waals surface area contributed by atoms with E-state index in [2.05, 4.69) is 21.8 Å². The Morgan fingerprint density at radius 2 is 2.25 bits per heavy atom. The van der Waals surface area contributed by atoms with Gasteiger partial charge in [-0.2, -0.15) is 0 Å². The third-order valence-corrected chi connectivity index (χ3v) is 4.33. The lowest BCUT2D eigenvalue weighted by Crippen LogP contribution is -2.30. The third kappa shape index (κ3) is 2.08. The molecule has 106 valence electrons. The van der Waals surface area contributed by atoms with E-state index in [1.807, 2.05) is 18.5 Å². The molecule has 1 saturated heterocycles. The molecule has 0 radical (unpaired) electrons. The Morgan fingerprint density at radius 1 is 1.40 bits per heavy atom. The Hall–Kier alpha value is -1.88. The first kappa shape index (κ1) is 13.1. The fourth-order valence-corrected chi connectivity index (χ4v) is 3.11. The first-order valence-electron chi connectivity index (χ1n) is 7.09. The summed E-state index contributed by atoms with van der Waals surface area (Å²) in [6.07, 6.45) is 5.15. The predicted molar refractivity (Wildman–Crippen MR) is 78.6 cm³/mol. The molecule has 2 aromatic rings. The van der Waals surface area contributed by atoms with Crippen LogP contribution in [0.4, 0.5) is 0 Å². The van der Waals surface area contributed by atoms with Crippen molar-refractivity contribution in [1.82, 2.24) is 14.9 Å². The second kappa shape index (κ2) is 4.90. The van der Waals surface area contributed by atoms with Crippen LogP contribution >= 0.6 is 0 Å². The number of hydrogen-bond donors (Lipinski definition) is 2. The molecule has 0 spiro atoms. The zero-order valence-electron chi connectivity index (χ0n) is 11.7. The second-order valence-corrected chi connectivity index (χ2v) is 5.75. The molecule has 5 nitrogen and oxygen atoms in total. The molecule has 3 N–H and O–H groups in total. The average Bonchev–Trinajstić information content (AvgIpc) is 2.75. The van der Waals surface area contributed by atoms with Crippen molar-refractivity contribution in [1.29, 1.82) is 0 Å². The van der Waals surface area contributed by atoms with Gasteiger partial charge in [0.25, 0.3) is 5.91 Å². The van der Waals surface area contributed by atoms with Crippen LogP contribution < -0.4 is 11.1 Å². The van der Waals surface area contributed by atoms with E-state index >= 15 is 0 Å². The SMILES string of the molecule is CC1(n2cnc3c(C(N)=O)cccc32)CCCNCC1. The molecule has 1 unspecified atom stereocenters. The quantitative estimate of drug-likeness (QED) is 0.872. The van der Waals surface area contributed by atoms with Gasteiger partial charge in [0.1, 0.15) is 5.52 Å². The minimum Gasteiger partial charge on any atom is -0.366 e. The fraction of sp³-hybridized carbons (Fsp3) is 0.467. The summed E-state index contributed by atoms with van der Waals surface area (Å²) in [5, 5.41) is 3.43. The van der Waals surface area contributed by atoms with Gasteiger partial charge < -0.3 is 15.6 Å². The zero-order valence-corrected chi connectivity index (χ0v) is 11.7. The predicted octanol–water partition coefficient (Wildman–Crippen LogP) is 1.62. The number of primary amides is 1. The maximum Gasteiger partial charge on any atom is 0.250 e. The first-order chi connectivity index (χ1) is 9.62. The number of aromatic nitrogens is 2. The molecule has 1 atom stereocenters. The summed E-state index contributed by atoms with van der Waals surface area (Å²) >= 11 is 0. The standard InChI is InChI=1S/C15H20N4O/c1-15(6-3-8-17-9-7-15)19-10-18-13-11(14(16)20)4-2-5-12(13)19/h2,4-5,10,17H,3,6-9H2,1H3,(H2,16,20). The second-order valence-electron chi connectivity index (χ2n) is 5.75. The Bertz CT molecular complexity index is 638. The van der Waals surface area contributed by atoms with E-state index < -0.39 is 5.91 Å². The molecule has 1 amide bonds. The average molecular weight is 272 g/mol. The van der Waals surface area contributed by atoms with E-state index in [-0.39, 0.29) is 5.54 Å². The van der Waals surface area contributed by atoms with Crippen molar-refractivity contribution < 1.29 is 4.79 Å². The van der Waals surface area contributed by atoms with E-state index in [0.29, 0.717) is 11.1 Å². The molecular weight excluding hydrogens is 252 g/mol. The van der Waals surface area contributed by atoms with Crippen molar-refractivity contribution in [2.24, 2.45) is 5.73 Å². The number of fused-ring (bicyclic) bond motifs is 1. The molecule has 1 aliphatic rings. The van der Waals surface area contributed by atoms with E-state index in [1.54, 1.807) is 6.07 Å². The van der Waals surface area contributed by atoms with Crippen molar-refractivity contribution >= 4 is 16.9 Å². The summed E-state index contributed by atoms with van der Waals surface area (Å²) in [5.41, 5.74) is 7.66. The molecule has 0 bridgehead atoms. The summed E-state index contributed by atoms with van der Waals surface area (Å²) < 4.78 is 2.21. The lowest BCUT2D eigenvalue weighted by molar-refractivity contribution is 0.100. The highest BCUT2D eigenvalue weighted by molar-refractivity contribution is 6.04. The number of para-hydroxylation sites is 1. The number of nitrogens with one attached hydrogen (secondary N) is 1. The Labute approximate surface area is 118 Å². The van der Waals surface area contributed by atoms with Gasteiger partial charge >= 0.3 is 0 Å². The van der Waals surface area contributed by atoms with Gasteiger partial charge in [-0.1, -0.05) is 6.07 Å². The lowest BCUT2D eigenvalue weighted by atomic mass is 9.92. The third-order valence-electron chi connectivity index (χ3n) is 4.33. The number of benzene rings is 1. The van der Waals surface area contributed by atoms with E-state index in [0.717, 1.165) is 37.9 Å². The van der Waals surface area contributed by atoms with Crippen LogP contribution in [0, 0.1) is 0 Å². The summed E-state index contributed by atoms with van der Waals surface area (Å²) in [5.74, 6) is -0.423. The number of nitrogens with zero attached hydrogens (tertiary/aromatic N) is 2. The topological polar surface area (TPSA) is 72.9 Å². The number of rotatable bonds is 2. The Kier molecular flexibility index (Phi) is 3.22. The van der Waals surface area contributed by atoms with Crippen molar-refractivity contribution in [3.05, 3.63) is 30.1 Å². The zero-order chi connectivity index (χ0) is 14.2. The highest BCUT2D eigenvalue weighted by Crippen LogP contribution is 2.31. The Balaban J connectivity index is 2.12. The molecule has 2 heterocycles. The molecule has 5 heteroatoms. The molecule has 1 aliphatic heterocycles. The molecule has 1 aromatic heterocycles. The van der Waals surface area contributed by atoms with Crippen molar-refractivity contribution in [2.45, 2.75) is 31.7 Å². The summed E-state index contributed by atoms with van der Waals surface area (Å²) in [6.45, 7) is 4.33. The fourth-order valence-electron chi connectivity index (χ4n) is 3.11. The smallest absolute Gasteiger partial charge is 0.250 e. The number of imidazole rings is 1. The van der Waals surface area contributed by atoms with Gasteiger partial charge in [-0.25, -0.2) is 4.98 Å². The lowest BCUT2D eigenvalue weighted by Gasteiger charge is -2.30. The number of nitrogens with two attached hydrogens (primary N) is 1. The van der Waals surface area contributed by atoms with E-state index in [4.69, 9.17) is 5.73 Å². The molecule has 1 aromatic carbocycles. The molecule has 20 heavy (non-hydrogen) atoms. The molecular formula is C15H20N4O. The largest absolute Gasteiger partial charge is 0.366 e. The van der Waals surface area contributed by atoms with Gasteiger partial charge in [-0.05, 0) is 51.4 Å². The van der Waals surface area contributed by atoms with Crippen LogP contribution in [-0.2, 0) is 5.54 Å². The van der Waals surface area contributed by atoms with Crippen molar-refractivity contribution in [2.75, 3.05) is 13.1 Å². The number of carbonyl (C=O) groups excluding carboxylic acids is 1. The summed E-state index contributed by atoms with van der Waals surface area (Å²) in [4.78, 5) is 15.9. The van der Waals surface area contributed by atoms with Gasteiger partial charge in [0.15, 0.2) is 0 Å². The maximum atomic E-state index is 11.5. The van der Waals surface area contributed by atoms with Crippen LogP contribution in [0.5, 0.6) is 0 Å². The van der Waals surface area contributed by atoms with Gasteiger partial charge in [0.05, 0.1) is 17.4 Å². The monoisotopic (exact) mass is 272 g/mol. The molecule has 0 aliphatic carbocycles. The van der Waals surface area contributed by atoms with Gasteiger partial charge in [0.2, 0.25) is 0 Å². The number of amides is 1. The highest BCUT2D eigenvalue weighted by Gasteiger charge is 2.29. The maximum absolute atomic E-state index is 11.5. The number of hydrogen-bond acceptors (Lipinski definition) is 3. The van der Waals surface area contributed by atoms with Crippen LogP contribution in [0.1, 0.15) is 36.5 Å². The Morgan fingerprint density at radius 3 is 3.05 bits per heavy atom. The molecule has 1 fully saturated rings. The highest BCUT2D eigenvalue weighted by atomic mass is 16.1. The van der Waals surface area contributed by atoms with Crippen LogP contribution in [0.15, 0.2) is 24.5 Å². The van der Waals surface area contributed by atoms with Gasteiger partial charge in [-0.3, -0.25) is 4.79 Å². The van der Waals surface area contributed by atoms with Crippen LogP contribution in [0.3, 0.4) is 0 Å². The molecule has 0 saturated carbocycles.